The summed E-state index contributed by atoms with van der Waals surface area (Å²) in [5, 5.41) is 0.918. The van der Waals surface area contributed by atoms with Crippen LogP contribution >= 0.6 is 0 Å². The van der Waals surface area contributed by atoms with Crippen molar-refractivity contribution in [3.8, 4) is 5.75 Å². The molecule has 1 heterocycles. The molecule has 1 aromatic heterocycles. The second-order valence-corrected chi connectivity index (χ2v) is 4.25. The van der Waals surface area contributed by atoms with Crippen LogP contribution in [0.4, 0.5) is 0 Å². The number of nitrogens with zero attached hydrogens (tertiary/aromatic N) is 1. The maximum atomic E-state index is 11.2. The molecule has 0 unspecified atom stereocenters. The first kappa shape index (κ1) is 13.3. The van der Waals surface area contributed by atoms with Gasteiger partial charge in [0.2, 0.25) is 0 Å². The van der Waals surface area contributed by atoms with Crippen molar-refractivity contribution >= 4 is 16.9 Å². The topological polar surface area (TPSA) is 48.4 Å². The van der Waals surface area contributed by atoms with E-state index in [1.54, 1.807) is 0 Å². The summed E-state index contributed by atoms with van der Waals surface area (Å²) in [6.45, 7) is 3.92. The van der Waals surface area contributed by atoms with Crippen LogP contribution in [0.1, 0.15) is 18.2 Å². The van der Waals surface area contributed by atoms with Crippen molar-refractivity contribution in [2.24, 2.45) is 0 Å². The molecule has 0 bridgehead atoms. The number of benzene rings is 1. The third-order valence-corrected chi connectivity index (χ3v) is 3.07. The minimum atomic E-state index is -0.390. The van der Waals surface area contributed by atoms with E-state index in [1.807, 2.05) is 38.1 Å². The largest absolute Gasteiger partial charge is 0.481 e. The van der Waals surface area contributed by atoms with Gasteiger partial charge in [-0.2, -0.15) is 0 Å². The summed E-state index contributed by atoms with van der Waals surface area (Å²) < 4.78 is 10.2. The number of esters is 1. The number of hydrogen-bond donors (Lipinski definition) is 0. The molecule has 0 saturated carbocycles. The first-order valence-corrected chi connectivity index (χ1v) is 6.25. The zero-order valence-corrected chi connectivity index (χ0v) is 11.4. The third kappa shape index (κ3) is 2.67. The molecule has 0 atom stereocenters. The Morgan fingerprint density at radius 1 is 1.32 bits per heavy atom. The number of aromatic nitrogens is 1. The van der Waals surface area contributed by atoms with Crippen LogP contribution < -0.4 is 4.74 Å². The minimum absolute atomic E-state index is 0.0888. The number of para-hydroxylation sites is 1. The predicted molar refractivity (Wildman–Crippen MR) is 73.4 cm³/mol. The summed E-state index contributed by atoms with van der Waals surface area (Å²) in [7, 11) is 1.35. The van der Waals surface area contributed by atoms with Crippen LogP contribution in [0.25, 0.3) is 10.9 Å². The van der Waals surface area contributed by atoms with Gasteiger partial charge in [0.05, 0.1) is 12.6 Å². The van der Waals surface area contributed by atoms with E-state index in [2.05, 4.69) is 9.72 Å². The van der Waals surface area contributed by atoms with Crippen LogP contribution in [0.15, 0.2) is 24.3 Å². The van der Waals surface area contributed by atoms with E-state index < -0.39 is 5.97 Å². The molecule has 0 saturated heterocycles. The van der Waals surface area contributed by atoms with Crippen LogP contribution in [-0.4, -0.2) is 24.7 Å². The average molecular weight is 259 g/mol. The first-order chi connectivity index (χ1) is 9.17. The first-order valence-electron chi connectivity index (χ1n) is 6.25. The van der Waals surface area contributed by atoms with Crippen molar-refractivity contribution in [3.63, 3.8) is 0 Å². The van der Waals surface area contributed by atoms with E-state index in [0.29, 0.717) is 5.75 Å². The number of hydrogen-bond acceptors (Lipinski definition) is 4. The highest BCUT2D eigenvalue weighted by Gasteiger charge is 2.13. The molecule has 0 amide bonds. The van der Waals surface area contributed by atoms with Crippen molar-refractivity contribution < 1.29 is 14.3 Å². The molecule has 4 heteroatoms. The fourth-order valence-electron chi connectivity index (χ4n) is 2.05. The van der Waals surface area contributed by atoms with Crippen LogP contribution in [-0.2, 0) is 16.0 Å². The molecular weight excluding hydrogens is 242 g/mol. The Labute approximate surface area is 112 Å². The Hall–Kier alpha value is -2.10. The molecule has 4 nitrogen and oxygen atoms in total. The lowest BCUT2D eigenvalue weighted by atomic mass is 10.1. The quantitative estimate of drug-likeness (QED) is 0.792. The fraction of sp³-hybridized carbons (Fsp3) is 0.333. The Balaban J connectivity index is 2.49. The van der Waals surface area contributed by atoms with E-state index in [9.17, 15) is 4.79 Å². The van der Waals surface area contributed by atoms with Gasteiger partial charge in [0, 0.05) is 16.6 Å². The summed E-state index contributed by atoms with van der Waals surface area (Å²) in [6.07, 6.45) is 0.825. The molecule has 19 heavy (non-hydrogen) atoms. The maximum Gasteiger partial charge on any atom is 0.343 e. The molecule has 2 aromatic rings. The molecule has 0 spiro atoms. The van der Waals surface area contributed by atoms with Gasteiger partial charge in [0.15, 0.2) is 6.61 Å². The van der Waals surface area contributed by atoms with Crippen molar-refractivity contribution in [1.82, 2.24) is 4.98 Å². The van der Waals surface area contributed by atoms with Gasteiger partial charge in [-0.05, 0) is 25.5 Å². The summed E-state index contributed by atoms with van der Waals surface area (Å²) >= 11 is 0. The van der Waals surface area contributed by atoms with Crippen LogP contribution in [0.3, 0.4) is 0 Å². The number of fused-ring (bicyclic) bond motifs is 1. The van der Waals surface area contributed by atoms with Gasteiger partial charge in [0.25, 0.3) is 0 Å². The summed E-state index contributed by atoms with van der Waals surface area (Å²) in [5.74, 6) is 0.325. The highest BCUT2D eigenvalue weighted by atomic mass is 16.6. The lowest BCUT2D eigenvalue weighted by Crippen LogP contribution is -2.14. The summed E-state index contributed by atoms with van der Waals surface area (Å²) in [6, 6.07) is 7.76. The molecular formula is C15H17NO3. The zero-order chi connectivity index (χ0) is 13.8. The van der Waals surface area contributed by atoms with Gasteiger partial charge in [-0.25, -0.2) is 4.79 Å². The maximum absolute atomic E-state index is 11.2. The molecule has 0 aliphatic rings. The highest BCUT2D eigenvalue weighted by molar-refractivity contribution is 5.87. The lowest BCUT2D eigenvalue weighted by molar-refractivity contribution is -0.142. The van der Waals surface area contributed by atoms with Crippen LogP contribution in [0.5, 0.6) is 5.75 Å². The van der Waals surface area contributed by atoms with Gasteiger partial charge in [-0.15, -0.1) is 0 Å². The van der Waals surface area contributed by atoms with Crippen LogP contribution in [0, 0.1) is 6.92 Å². The van der Waals surface area contributed by atoms with Gasteiger partial charge >= 0.3 is 5.97 Å². The number of ether oxygens (including phenoxy) is 2. The molecule has 0 aliphatic heterocycles. The smallest absolute Gasteiger partial charge is 0.343 e. The molecule has 0 radical (unpaired) electrons. The van der Waals surface area contributed by atoms with Gasteiger partial charge in [-0.1, -0.05) is 19.1 Å². The average Bonchev–Trinajstić information content (AvgIpc) is 2.45. The molecule has 0 N–H and O–H groups in total. The normalized spacial score (nSPS) is 10.5. The molecule has 100 valence electrons. The predicted octanol–water partition coefficient (Wildman–Crippen LogP) is 2.66. The monoisotopic (exact) mass is 259 g/mol. The van der Waals surface area contributed by atoms with Gasteiger partial charge < -0.3 is 9.47 Å². The SMILES string of the molecule is CCc1nc2ccccc2c(OCC(=O)OC)c1C. The van der Waals surface area contributed by atoms with Crippen molar-refractivity contribution in [1.29, 1.82) is 0 Å². The second-order valence-electron chi connectivity index (χ2n) is 4.25. The van der Waals surface area contributed by atoms with E-state index >= 15 is 0 Å². The number of carbonyl (C=O) groups excluding carboxylic acids is 1. The standard InChI is InChI=1S/C15H17NO3/c1-4-12-10(2)15(19-9-14(17)18-3)11-7-5-6-8-13(11)16-12/h5-8H,4,9H2,1-3H3. The summed E-state index contributed by atoms with van der Waals surface area (Å²) in [4.78, 5) is 15.8. The van der Waals surface area contributed by atoms with E-state index in [0.717, 1.165) is 28.6 Å². The highest BCUT2D eigenvalue weighted by Crippen LogP contribution is 2.30. The minimum Gasteiger partial charge on any atom is -0.481 e. The zero-order valence-electron chi connectivity index (χ0n) is 11.4. The van der Waals surface area contributed by atoms with E-state index in [1.165, 1.54) is 7.11 Å². The number of aryl methyl sites for hydroxylation is 1. The van der Waals surface area contributed by atoms with Crippen molar-refractivity contribution in [2.75, 3.05) is 13.7 Å². The Morgan fingerprint density at radius 3 is 2.74 bits per heavy atom. The number of carbonyl (C=O) groups is 1. The number of rotatable bonds is 4. The Bertz CT molecular complexity index is 608. The second kappa shape index (κ2) is 5.69. The Kier molecular flexibility index (Phi) is 4.00. The van der Waals surface area contributed by atoms with E-state index in [-0.39, 0.29) is 6.61 Å². The van der Waals surface area contributed by atoms with Crippen LogP contribution in [0.2, 0.25) is 0 Å². The summed E-state index contributed by atoms with van der Waals surface area (Å²) in [5.41, 5.74) is 2.84. The molecule has 2 rings (SSSR count). The van der Waals surface area contributed by atoms with Crippen molar-refractivity contribution in [3.05, 3.63) is 35.5 Å². The number of pyridine rings is 1. The lowest BCUT2D eigenvalue weighted by Gasteiger charge is -2.14. The Morgan fingerprint density at radius 2 is 2.05 bits per heavy atom. The number of methoxy groups -OCH3 is 1. The third-order valence-electron chi connectivity index (χ3n) is 3.07. The fourth-order valence-corrected chi connectivity index (χ4v) is 2.05. The molecule has 1 aromatic carbocycles. The van der Waals surface area contributed by atoms with Gasteiger partial charge in [-0.3, -0.25) is 4.98 Å². The molecule has 0 aliphatic carbocycles. The van der Waals surface area contributed by atoms with E-state index in [4.69, 9.17) is 4.74 Å². The molecule has 0 fully saturated rings. The van der Waals surface area contributed by atoms with Gasteiger partial charge in [0.1, 0.15) is 5.75 Å². The van der Waals surface area contributed by atoms with Crippen molar-refractivity contribution in [2.45, 2.75) is 20.3 Å².